The molecular weight excluding hydrogens is 526 g/mol. The summed E-state index contributed by atoms with van der Waals surface area (Å²) in [7, 11) is 0. The fourth-order valence-corrected chi connectivity index (χ4v) is 4.68. The maximum Gasteiger partial charge on any atom is 0.435 e. The van der Waals surface area contributed by atoms with E-state index >= 15 is 0 Å². The van der Waals surface area contributed by atoms with Crippen LogP contribution in [0.2, 0.25) is 0 Å². The molecule has 1 saturated heterocycles. The summed E-state index contributed by atoms with van der Waals surface area (Å²) in [5, 5.41) is 11.2. The first-order valence-corrected chi connectivity index (χ1v) is 13.8. The van der Waals surface area contributed by atoms with Crippen molar-refractivity contribution in [2.24, 2.45) is 5.92 Å². The molecule has 12 heteroatoms. The van der Waals surface area contributed by atoms with E-state index in [1.165, 1.54) is 4.68 Å². The highest BCUT2D eigenvalue weighted by molar-refractivity contribution is 5.90. The number of hydrogen-bond donors (Lipinski definition) is 2. The summed E-state index contributed by atoms with van der Waals surface area (Å²) in [6, 6.07) is 7.39. The Hall–Kier alpha value is -4.35. The van der Waals surface area contributed by atoms with Gasteiger partial charge in [-0.2, -0.15) is 14.8 Å². The molecule has 0 spiro atoms. The van der Waals surface area contributed by atoms with Gasteiger partial charge in [0.15, 0.2) is 11.4 Å². The Balaban J connectivity index is 1.30. The zero-order valence-corrected chi connectivity index (χ0v) is 24.4. The molecular formula is C29H37N7O5. The molecule has 0 atom stereocenters. The Bertz CT molecular complexity index is 1560. The highest BCUT2D eigenvalue weighted by Gasteiger charge is 2.25. The molecule has 3 aromatic heterocycles. The second kappa shape index (κ2) is 10.9. The topological polar surface area (TPSA) is 137 Å². The van der Waals surface area contributed by atoms with E-state index in [4.69, 9.17) is 18.9 Å². The molecule has 1 fully saturated rings. The normalized spacial score (nSPS) is 14.8. The minimum atomic E-state index is -0.640. The number of anilines is 3. The fraction of sp³-hybridized carbons (Fsp3) is 0.483. The van der Waals surface area contributed by atoms with Gasteiger partial charge in [0.25, 0.3) is 0 Å². The number of hydrogen-bond acceptors (Lipinski definition) is 10. The number of amides is 1. The number of ether oxygens (including phenoxy) is 2. The van der Waals surface area contributed by atoms with Gasteiger partial charge in [-0.3, -0.25) is 0 Å². The summed E-state index contributed by atoms with van der Waals surface area (Å²) in [4.78, 5) is 36.4. The van der Waals surface area contributed by atoms with Crippen LogP contribution in [0.4, 0.5) is 27.0 Å². The second-order valence-corrected chi connectivity index (χ2v) is 12.3. The van der Waals surface area contributed by atoms with Gasteiger partial charge in [-0.05, 0) is 78.5 Å². The first kappa shape index (κ1) is 28.2. The lowest BCUT2D eigenvalue weighted by molar-refractivity contribution is 0.0508. The zero-order valence-electron chi connectivity index (χ0n) is 24.4. The van der Waals surface area contributed by atoms with Crippen LogP contribution in [-0.4, -0.2) is 62.8 Å². The zero-order chi connectivity index (χ0) is 29.4. The van der Waals surface area contributed by atoms with Crippen LogP contribution in [0.25, 0.3) is 22.0 Å². The molecule has 4 aromatic rings. The summed E-state index contributed by atoms with van der Waals surface area (Å²) < 4.78 is 17.9. The molecule has 1 aliphatic heterocycles. The van der Waals surface area contributed by atoms with Crippen LogP contribution >= 0.6 is 0 Å². The Morgan fingerprint density at radius 1 is 1.02 bits per heavy atom. The van der Waals surface area contributed by atoms with E-state index in [1.807, 2.05) is 65.8 Å². The number of nitrogens with zero attached hydrogens (tertiary/aromatic N) is 5. The van der Waals surface area contributed by atoms with Crippen molar-refractivity contribution in [1.29, 1.82) is 0 Å². The molecule has 12 nitrogen and oxygen atoms in total. The van der Waals surface area contributed by atoms with E-state index in [0.717, 1.165) is 31.3 Å². The molecule has 5 rings (SSSR count). The quantitative estimate of drug-likeness (QED) is 0.305. The fourth-order valence-electron chi connectivity index (χ4n) is 4.68. The van der Waals surface area contributed by atoms with Gasteiger partial charge in [0, 0.05) is 36.8 Å². The predicted molar refractivity (Wildman–Crippen MR) is 156 cm³/mol. The number of piperidine rings is 1. The van der Waals surface area contributed by atoms with Gasteiger partial charge in [0.1, 0.15) is 16.7 Å². The summed E-state index contributed by atoms with van der Waals surface area (Å²) in [5.74, 6) is 1.46. The first-order valence-electron chi connectivity index (χ1n) is 13.8. The van der Waals surface area contributed by atoms with Gasteiger partial charge in [-0.15, -0.1) is 0 Å². The smallest absolute Gasteiger partial charge is 0.435 e. The molecule has 41 heavy (non-hydrogen) atoms. The Kier molecular flexibility index (Phi) is 7.50. The molecule has 0 unspecified atom stereocenters. The molecule has 218 valence electrons. The van der Waals surface area contributed by atoms with Gasteiger partial charge in [0.05, 0.1) is 18.0 Å². The molecule has 2 N–H and O–H groups in total. The van der Waals surface area contributed by atoms with Gasteiger partial charge in [0.2, 0.25) is 5.95 Å². The maximum atomic E-state index is 12.7. The van der Waals surface area contributed by atoms with Crippen LogP contribution in [-0.2, 0) is 9.47 Å². The molecule has 1 aromatic carbocycles. The summed E-state index contributed by atoms with van der Waals surface area (Å²) in [6.45, 7) is 13.1. The molecule has 1 amide bonds. The minimum absolute atomic E-state index is 0.340. The third-order valence-electron chi connectivity index (χ3n) is 6.53. The number of aromatic nitrogens is 4. The van der Waals surface area contributed by atoms with Crippen molar-refractivity contribution in [3.8, 4) is 0 Å². The van der Waals surface area contributed by atoms with Crippen LogP contribution < -0.4 is 15.5 Å². The van der Waals surface area contributed by atoms with E-state index in [0.29, 0.717) is 46.5 Å². The molecule has 1 aliphatic rings. The van der Waals surface area contributed by atoms with Crippen molar-refractivity contribution in [2.75, 3.05) is 29.9 Å². The number of carbonyl (C=O) groups is 2. The van der Waals surface area contributed by atoms with Crippen LogP contribution in [0.3, 0.4) is 0 Å². The Morgan fingerprint density at radius 2 is 1.76 bits per heavy atom. The summed E-state index contributed by atoms with van der Waals surface area (Å²) >= 11 is 0. The van der Waals surface area contributed by atoms with Crippen LogP contribution in [0.5, 0.6) is 0 Å². The lowest BCUT2D eigenvalue weighted by Gasteiger charge is -2.33. The van der Waals surface area contributed by atoms with E-state index in [2.05, 4.69) is 25.6 Å². The second-order valence-electron chi connectivity index (χ2n) is 12.3. The number of nitrogens with one attached hydrogen (secondary N) is 2. The van der Waals surface area contributed by atoms with Crippen molar-refractivity contribution >= 4 is 51.6 Å². The van der Waals surface area contributed by atoms with Crippen LogP contribution in [0, 0.1) is 5.92 Å². The number of furan rings is 1. The molecule has 0 saturated carbocycles. The number of carbonyl (C=O) groups excluding carboxylic acids is 2. The van der Waals surface area contributed by atoms with Crippen molar-refractivity contribution < 1.29 is 23.5 Å². The Labute approximate surface area is 238 Å². The third kappa shape index (κ3) is 6.87. The number of alkyl carbamates (subject to hydrolysis) is 1. The first-order chi connectivity index (χ1) is 19.3. The van der Waals surface area contributed by atoms with Gasteiger partial charge >= 0.3 is 12.2 Å². The van der Waals surface area contributed by atoms with Crippen molar-refractivity contribution in [3.05, 3.63) is 36.7 Å². The highest BCUT2D eigenvalue weighted by Crippen LogP contribution is 2.31. The lowest BCUT2D eigenvalue weighted by atomic mass is 9.97. The van der Waals surface area contributed by atoms with Crippen LogP contribution in [0.1, 0.15) is 54.4 Å². The molecule has 0 bridgehead atoms. The molecule has 0 aliphatic carbocycles. The summed E-state index contributed by atoms with van der Waals surface area (Å²) in [5.41, 5.74) is 1.45. The SMILES string of the molecule is CC(C)(C)OC(=O)NCC1CCN(c2nc(Nc3ccc4cnn(C(=O)OC(C)(C)C)c4c3)nc3ccoc23)CC1. The van der Waals surface area contributed by atoms with Gasteiger partial charge in [-0.25, -0.2) is 14.6 Å². The number of rotatable bonds is 5. The van der Waals surface area contributed by atoms with Gasteiger partial charge in [-0.1, -0.05) is 0 Å². The largest absolute Gasteiger partial charge is 0.459 e. The van der Waals surface area contributed by atoms with E-state index < -0.39 is 23.4 Å². The number of fused-ring (bicyclic) bond motifs is 2. The van der Waals surface area contributed by atoms with Crippen molar-refractivity contribution in [1.82, 2.24) is 25.1 Å². The van der Waals surface area contributed by atoms with E-state index in [1.54, 1.807) is 12.5 Å². The standard InChI is InChI=1S/C29H37N7O5/c1-28(2,3)40-26(37)30-16-18-9-12-35(13-10-18)24-23-21(11-14-39-23)33-25(34-24)32-20-8-7-19-17-31-36(22(19)15-20)27(38)41-29(4,5)6/h7-8,11,14-15,17-18H,9-10,12-13,16H2,1-6H3,(H,30,37)(H,32,33,34). The monoisotopic (exact) mass is 563 g/mol. The van der Waals surface area contributed by atoms with Crippen molar-refractivity contribution in [2.45, 2.75) is 65.6 Å². The Morgan fingerprint density at radius 3 is 2.46 bits per heavy atom. The van der Waals surface area contributed by atoms with Gasteiger partial charge < -0.3 is 29.4 Å². The minimum Gasteiger partial charge on any atom is -0.459 e. The third-order valence-corrected chi connectivity index (χ3v) is 6.53. The lowest BCUT2D eigenvalue weighted by Crippen LogP contribution is -2.40. The number of benzene rings is 1. The molecule has 0 radical (unpaired) electrons. The summed E-state index contributed by atoms with van der Waals surface area (Å²) in [6.07, 6.45) is 4.06. The maximum absolute atomic E-state index is 12.7. The average molecular weight is 564 g/mol. The highest BCUT2D eigenvalue weighted by atomic mass is 16.6. The van der Waals surface area contributed by atoms with E-state index in [9.17, 15) is 9.59 Å². The molecule has 4 heterocycles. The van der Waals surface area contributed by atoms with E-state index in [-0.39, 0.29) is 0 Å². The average Bonchev–Trinajstić information content (AvgIpc) is 3.52. The predicted octanol–water partition coefficient (Wildman–Crippen LogP) is 5.84. The van der Waals surface area contributed by atoms with Crippen molar-refractivity contribution in [3.63, 3.8) is 0 Å². The van der Waals surface area contributed by atoms with Crippen LogP contribution in [0.15, 0.2) is 41.1 Å².